The number of nitrogens with two attached hydrogens (primary N) is 1. The number of amides is 1. The van der Waals surface area contributed by atoms with Crippen LogP contribution in [0.1, 0.15) is 33.1 Å². The molecule has 1 saturated carbocycles. The maximum atomic E-state index is 11.8. The van der Waals surface area contributed by atoms with Gasteiger partial charge in [0.25, 0.3) is 0 Å². The Balaban J connectivity index is 2.77. The summed E-state index contributed by atoms with van der Waals surface area (Å²) >= 11 is 0. The molecule has 0 aromatic carbocycles. The van der Waals surface area contributed by atoms with E-state index in [4.69, 9.17) is 10.2 Å². The lowest BCUT2D eigenvalue weighted by Gasteiger charge is -2.19. The lowest BCUT2D eigenvalue weighted by molar-refractivity contribution is -0.142. The molecule has 104 valence electrons. The summed E-state index contributed by atoms with van der Waals surface area (Å²) < 4.78 is 21.0. The van der Waals surface area contributed by atoms with Crippen molar-refractivity contribution in [1.29, 1.82) is 0 Å². The van der Waals surface area contributed by atoms with Gasteiger partial charge in [-0.2, -0.15) is 0 Å². The lowest BCUT2D eigenvalue weighted by atomic mass is 10.0. The van der Waals surface area contributed by atoms with Crippen molar-refractivity contribution in [2.75, 3.05) is 0 Å². The summed E-state index contributed by atoms with van der Waals surface area (Å²) in [5.41, 5.74) is 0. The van der Waals surface area contributed by atoms with Crippen molar-refractivity contribution in [2.24, 2.45) is 11.1 Å². The molecule has 0 bridgehead atoms. The molecule has 18 heavy (non-hydrogen) atoms. The summed E-state index contributed by atoms with van der Waals surface area (Å²) in [7, 11) is -4.00. The number of rotatable bonds is 6. The minimum Gasteiger partial charge on any atom is -0.480 e. The van der Waals surface area contributed by atoms with Crippen molar-refractivity contribution in [3.05, 3.63) is 0 Å². The minimum atomic E-state index is -4.00. The third kappa shape index (κ3) is 2.99. The van der Waals surface area contributed by atoms with E-state index < -0.39 is 32.7 Å². The molecule has 0 spiro atoms. The van der Waals surface area contributed by atoms with E-state index in [2.05, 4.69) is 5.32 Å². The highest BCUT2D eigenvalue weighted by atomic mass is 32.2. The molecule has 0 heterocycles. The van der Waals surface area contributed by atoms with Crippen LogP contribution in [0, 0.1) is 5.92 Å². The van der Waals surface area contributed by atoms with Gasteiger partial charge in [-0.25, -0.2) is 18.4 Å². The van der Waals surface area contributed by atoms with Crippen LogP contribution in [0.4, 0.5) is 0 Å². The van der Waals surface area contributed by atoms with E-state index in [1.54, 1.807) is 0 Å². The van der Waals surface area contributed by atoms with Crippen molar-refractivity contribution in [3.63, 3.8) is 0 Å². The molecule has 4 N–H and O–H groups in total. The number of carbonyl (C=O) groups excluding carboxylic acids is 1. The fraction of sp³-hybridized carbons (Fsp3) is 0.800. The highest BCUT2D eigenvalue weighted by Gasteiger charge is 2.60. The third-order valence-corrected chi connectivity index (χ3v) is 4.66. The fourth-order valence-electron chi connectivity index (χ4n) is 1.74. The molecule has 0 aromatic heterocycles. The van der Waals surface area contributed by atoms with Gasteiger partial charge in [0.05, 0.1) is 0 Å². The van der Waals surface area contributed by atoms with Crippen LogP contribution in [0.5, 0.6) is 0 Å². The number of aliphatic carboxylic acids is 1. The van der Waals surface area contributed by atoms with Gasteiger partial charge in [-0.15, -0.1) is 0 Å². The van der Waals surface area contributed by atoms with E-state index in [0.29, 0.717) is 0 Å². The number of primary sulfonamides is 1. The summed E-state index contributed by atoms with van der Waals surface area (Å²) in [4.78, 5) is 22.8. The Labute approximate surface area is 106 Å². The van der Waals surface area contributed by atoms with Crippen LogP contribution in [0.3, 0.4) is 0 Å². The Bertz CT molecular complexity index is 453. The minimum absolute atomic E-state index is 0.0658. The first kappa shape index (κ1) is 14.9. The Kier molecular flexibility index (Phi) is 4.02. The van der Waals surface area contributed by atoms with Crippen LogP contribution in [0.25, 0.3) is 0 Å². The van der Waals surface area contributed by atoms with E-state index in [1.165, 1.54) is 0 Å². The van der Waals surface area contributed by atoms with Crippen molar-refractivity contribution >= 4 is 21.9 Å². The van der Waals surface area contributed by atoms with E-state index in [-0.39, 0.29) is 25.2 Å². The van der Waals surface area contributed by atoms with Gasteiger partial charge >= 0.3 is 5.97 Å². The molecule has 0 unspecified atom stereocenters. The maximum Gasteiger partial charge on any atom is 0.326 e. The Hall–Kier alpha value is -1.15. The monoisotopic (exact) mass is 278 g/mol. The zero-order valence-electron chi connectivity index (χ0n) is 10.3. The summed E-state index contributed by atoms with van der Waals surface area (Å²) in [6.07, 6.45) is 0.527. The first-order chi connectivity index (χ1) is 8.10. The fourth-order valence-corrected chi connectivity index (χ4v) is 2.73. The predicted molar refractivity (Wildman–Crippen MR) is 64.1 cm³/mol. The first-order valence-electron chi connectivity index (χ1n) is 5.66. The predicted octanol–water partition coefficient (Wildman–Crippen LogP) is -0.577. The normalized spacial score (nSPS) is 19.3. The van der Waals surface area contributed by atoms with E-state index >= 15 is 0 Å². The highest BCUT2D eigenvalue weighted by molar-refractivity contribution is 7.91. The molecule has 0 aliphatic heterocycles. The average molecular weight is 278 g/mol. The molecular weight excluding hydrogens is 260 g/mol. The van der Waals surface area contributed by atoms with Gasteiger partial charge in [0.15, 0.2) is 4.75 Å². The van der Waals surface area contributed by atoms with Gasteiger partial charge < -0.3 is 10.4 Å². The Morgan fingerprint density at radius 2 is 1.89 bits per heavy atom. The molecular formula is C10H18N2O5S. The first-order valence-corrected chi connectivity index (χ1v) is 7.21. The molecule has 1 fully saturated rings. The second-order valence-corrected chi connectivity index (χ2v) is 6.90. The van der Waals surface area contributed by atoms with Gasteiger partial charge in [0.2, 0.25) is 15.9 Å². The number of hydrogen-bond acceptors (Lipinski definition) is 4. The molecule has 0 saturated heterocycles. The van der Waals surface area contributed by atoms with Crippen LogP contribution in [-0.4, -0.2) is 36.2 Å². The standard InChI is InChI=1S/C10H18N2O5S/c1-6(2)5-7(8(13)14)12-9(15)10(3-4-10)18(11,16)17/h6-7H,3-5H2,1-2H3,(H,12,15)(H,13,14)(H2,11,16,17)/t7-/m1/s1. The number of carboxylic acids is 1. The van der Waals surface area contributed by atoms with Gasteiger partial charge in [-0.3, -0.25) is 4.79 Å². The maximum absolute atomic E-state index is 11.8. The molecule has 1 aliphatic rings. The summed E-state index contributed by atoms with van der Waals surface area (Å²) in [5.74, 6) is -1.92. The summed E-state index contributed by atoms with van der Waals surface area (Å²) in [6.45, 7) is 3.63. The van der Waals surface area contributed by atoms with Crippen LogP contribution in [0.2, 0.25) is 0 Å². The SMILES string of the molecule is CC(C)C[C@@H](NC(=O)C1(S(N)(=O)=O)CC1)C(=O)O. The van der Waals surface area contributed by atoms with E-state index in [1.807, 2.05) is 13.8 Å². The van der Waals surface area contributed by atoms with E-state index in [9.17, 15) is 18.0 Å². The smallest absolute Gasteiger partial charge is 0.326 e. The van der Waals surface area contributed by atoms with Crippen LogP contribution >= 0.6 is 0 Å². The van der Waals surface area contributed by atoms with Crippen LogP contribution in [-0.2, 0) is 19.6 Å². The Morgan fingerprint density at radius 1 is 1.39 bits per heavy atom. The molecule has 0 aromatic rings. The van der Waals surface area contributed by atoms with Crippen molar-refractivity contribution < 1.29 is 23.1 Å². The highest BCUT2D eigenvalue weighted by Crippen LogP contribution is 2.42. The second-order valence-electron chi connectivity index (χ2n) is 5.03. The molecule has 0 radical (unpaired) electrons. The average Bonchev–Trinajstić information content (AvgIpc) is 2.94. The number of hydrogen-bond donors (Lipinski definition) is 3. The molecule has 7 nitrogen and oxygen atoms in total. The lowest BCUT2D eigenvalue weighted by Crippen LogP contribution is -2.51. The third-order valence-electron chi connectivity index (χ3n) is 2.97. The van der Waals surface area contributed by atoms with Gasteiger partial charge in [-0.05, 0) is 25.2 Å². The molecule has 1 amide bonds. The van der Waals surface area contributed by atoms with Crippen molar-refractivity contribution in [2.45, 2.75) is 43.9 Å². The van der Waals surface area contributed by atoms with Crippen LogP contribution < -0.4 is 10.5 Å². The van der Waals surface area contributed by atoms with Gasteiger partial charge in [0, 0.05) is 0 Å². The molecule has 8 heteroatoms. The topological polar surface area (TPSA) is 127 Å². The van der Waals surface area contributed by atoms with Crippen molar-refractivity contribution in [1.82, 2.24) is 5.32 Å². The number of nitrogens with one attached hydrogen (secondary N) is 1. The van der Waals surface area contributed by atoms with Gasteiger partial charge in [0.1, 0.15) is 6.04 Å². The zero-order chi connectivity index (χ0) is 14.1. The summed E-state index contributed by atoms with van der Waals surface area (Å²) in [6, 6.07) is -1.09. The van der Waals surface area contributed by atoms with E-state index in [0.717, 1.165) is 0 Å². The zero-order valence-corrected chi connectivity index (χ0v) is 11.2. The quantitative estimate of drug-likeness (QED) is 0.599. The number of sulfonamides is 1. The molecule has 1 atom stereocenters. The largest absolute Gasteiger partial charge is 0.480 e. The Morgan fingerprint density at radius 3 is 2.17 bits per heavy atom. The molecule has 1 rings (SSSR count). The van der Waals surface area contributed by atoms with Gasteiger partial charge in [-0.1, -0.05) is 13.8 Å². The second kappa shape index (κ2) is 4.85. The number of carbonyl (C=O) groups is 2. The molecule has 1 aliphatic carbocycles. The number of carboxylic acid groups (broad SMARTS) is 1. The van der Waals surface area contributed by atoms with Crippen molar-refractivity contribution in [3.8, 4) is 0 Å². The van der Waals surface area contributed by atoms with Crippen LogP contribution in [0.15, 0.2) is 0 Å². The summed E-state index contributed by atoms with van der Waals surface area (Å²) in [5, 5.41) is 16.2.